The number of nitro groups is 1. The van der Waals surface area contributed by atoms with Gasteiger partial charge in [0, 0.05) is 37.3 Å². The van der Waals surface area contributed by atoms with E-state index in [9.17, 15) is 10.1 Å². The number of non-ortho nitro benzene ring substituents is 1. The van der Waals surface area contributed by atoms with Crippen LogP contribution in [0.1, 0.15) is 42.3 Å². The van der Waals surface area contributed by atoms with Gasteiger partial charge in [-0.25, -0.2) is 4.98 Å². The molecule has 1 aliphatic rings. The lowest BCUT2D eigenvalue weighted by atomic mass is 10.1. The maximum Gasteiger partial charge on any atom is 0.269 e. The average Bonchev–Trinajstić information content (AvgIpc) is 3.55. The van der Waals surface area contributed by atoms with E-state index in [1.165, 1.54) is 0 Å². The first-order valence-electron chi connectivity index (χ1n) is 12.6. The zero-order valence-corrected chi connectivity index (χ0v) is 20.9. The second-order valence-corrected chi connectivity index (χ2v) is 9.24. The number of hydrogen-bond acceptors (Lipinski definition) is 6. The maximum atomic E-state index is 11.1. The van der Waals surface area contributed by atoms with Gasteiger partial charge in [-0.2, -0.15) is 0 Å². The highest BCUT2D eigenvalue weighted by Crippen LogP contribution is 2.33. The molecule has 1 aliphatic heterocycles. The van der Waals surface area contributed by atoms with E-state index < -0.39 is 0 Å². The third-order valence-corrected chi connectivity index (χ3v) is 6.46. The summed E-state index contributed by atoms with van der Waals surface area (Å²) in [6.07, 6.45) is 3.07. The van der Waals surface area contributed by atoms with Crippen LogP contribution in [-0.2, 0) is 26.1 Å². The minimum atomic E-state index is -0.371. The smallest absolute Gasteiger partial charge is 0.269 e. The maximum absolute atomic E-state index is 11.1. The Hall–Kier alpha value is -4.17. The molecule has 0 unspecified atom stereocenters. The summed E-state index contributed by atoms with van der Waals surface area (Å²) in [5, 5.41) is 11.1. The number of nitrogens with one attached hydrogen (secondary N) is 1. The van der Waals surface area contributed by atoms with Crippen molar-refractivity contribution in [2.75, 3.05) is 6.79 Å². The van der Waals surface area contributed by atoms with E-state index >= 15 is 0 Å². The fourth-order valence-electron chi connectivity index (χ4n) is 4.53. The lowest BCUT2D eigenvalue weighted by molar-refractivity contribution is -0.384. The van der Waals surface area contributed by atoms with Crippen LogP contribution in [0, 0.1) is 10.1 Å². The summed E-state index contributed by atoms with van der Waals surface area (Å²) in [5.41, 5.74) is 5.43. The summed E-state index contributed by atoms with van der Waals surface area (Å²) < 4.78 is 11.1. The molecule has 2 heterocycles. The molecule has 3 aromatic carbocycles. The molecule has 1 N–H and O–H groups in total. The monoisotopic (exact) mass is 498 g/mol. The minimum Gasteiger partial charge on any atom is -0.454 e. The molecule has 0 bridgehead atoms. The van der Waals surface area contributed by atoms with Crippen molar-refractivity contribution >= 4 is 5.69 Å². The predicted molar refractivity (Wildman–Crippen MR) is 141 cm³/mol. The molecule has 0 atom stereocenters. The van der Waals surface area contributed by atoms with Gasteiger partial charge in [-0.1, -0.05) is 61.9 Å². The van der Waals surface area contributed by atoms with Crippen molar-refractivity contribution in [2.24, 2.45) is 0 Å². The summed E-state index contributed by atoms with van der Waals surface area (Å²) in [4.78, 5) is 21.6. The highest BCUT2D eigenvalue weighted by atomic mass is 16.7. The number of benzene rings is 3. The van der Waals surface area contributed by atoms with Crippen LogP contribution in [0.5, 0.6) is 11.5 Å². The van der Waals surface area contributed by atoms with E-state index in [2.05, 4.69) is 35.0 Å². The minimum absolute atomic E-state index is 0.0917. The largest absolute Gasteiger partial charge is 0.454 e. The predicted octanol–water partition coefficient (Wildman–Crippen LogP) is 6.26. The number of imidazole rings is 1. The summed E-state index contributed by atoms with van der Waals surface area (Å²) in [7, 11) is 0. The fourth-order valence-corrected chi connectivity index (χ4v) is 4.53. The topological polar surface area (TPSA) is 93.5 Å². The second-order valence-electron chi connectivity index (χ2n) is 9.24. The van der Waals surface area contributed by atoms with E-state index in [0.29, 0.717) is 19.6 Å². The number of nitro benzene ring substituents is 1. The van der Waals surface area contributed by atoms with Crippen LogP contribution in [-0.4, -0.2) is 26.6 Å². The molecule has 1 aromatic heterocycles. The molecule has 0 amide bonds. The zero-order valence-electron chi connectivity index (χ0n) is 20.9. The van der Waals surface area contributed by atoms with Gasteiger partial charge < -0.3 is 14.5 Å². The molecule has 0 fully saturated rings. The first kappa shape index (κ1) is 24.5. The van der Waals surface area contributed by atoms with Gasteiger partial charge in [0.1, 0.15) is 5.82 Å². The highest BCUT2D eigenvalue weighted by Gasteiger charge is 2.19. The van der Waals surface area contributed by atoms with Crippen molar-refractivity contribution in [2.45, 2.75) is 45.8 Å². The number of H-pyrrole nitrogens is 1. The Morgan fingerprint density at radius 1 is 0.946 bits per heavy atom. The molecule has 0 radical (unpaired) electrons. The number of ether oxygens (including phenoxy) is 2. The molecule has 0 aliphatic carbocycles. The Bertz CT molecular complexity index is 1350. The van der Waals surface area contributed by atoms with Gasteiger partial charge in [-0.3, -0.25) is 15.0 Å². The van der Waals surface area contributed by atoms with Gasteiger partial charge in [0.05, 0.1) is 16.3 Å². The van der Waals surface area contributed by atoms with E-state index in [1.54, 1.807) is 12.1 Å². The molecule has 8 heteroatoms. The molecule has 5 rings (SSSR count). The third kappa shape index (κ3) is 5.98. The molecule has 0 saturated heterocycles. The molecule has 37 heavy (non-hydrogen) atoms. The molecular weight excluding hydrogens is 468 g/mol. The van der Waals surface area contributed by atoms with Gasteiger partial charge >= 0.3 is 0 Å². The number of aryl methyl sites for hydroxylation is 1. The Kier molecular flexibility index (Phi) is 7.46. The molecule has 190 valence electrons. The zero-order chi connectivity index (χ0) is 25.6. The second kappa shape index (κ2) is 11.3. The van der Waals surface area contributed by atoms with E-state index in [4.69, 9.17) is 14.5 Å². The van der Waals surface area contributed by atoms with Crippen LogP contribution in [0.4, 0.5) is 5.69 Å². The number of aromatic amines is 1. The average molecular weight is 499 g/mol. The van der Waals surface area contributed by atoms with Crippen LogP contribution in [0.15, 0.2) is 72.8 Å². The number of unbranched alkanes of at least 4 members (excludes halogenated alkanes) is 1. The SMILES string of the molecule is CCCCc1nc(-c2ccccc2)[nH]c1CN(Cc1ccc([N+](=O)[O-])cc1)Cc1ccc2c(c1)OCO2. The van der Waals surface area contributed by atoms with Crippen molar-refractivity contribution in [3.63, 3.8) is 0 Å². The van der Waals surface area contributed by atoms with Crippen LogP contribution in [0.3, 0.4) is 0 Å². The number of fused-ring (bicyclic) bond motifs is 1. The van der Waals surface area contributed by atoms with Crippen molar-refractivity contribution in [3.05, 3.63) is 105 Å². The lowest BCUT2D eigenvalue weighted by Gasteiger charge is -2.23. The van der Waals surface area contributed by atoms with Gasteiger partial charge in [0.25, 0.3) is 5.69 Å². The number of rotatable bonds is 11. The van der Waals surface area contributed by atoms with Crippen LogP contribution >= 0.6 is 0 Å². The van der Waals surface area contributed by atoms with Crippen molar-refractivity contribution in [3.8, 4) is 22.9 Å². The van der Waals surface area contributed by atoms with Crippen LogP contribution in [0.25, 0.3) is 11.4 Å². The van der Waals surface area contributed by atoms with Crippen LogP contribution in [0.2, 0.25) is 0 Å². The molecule has 0 saturated carbocycles. The standard InChI is InChI=1S/C29H30N4O4/c1-2-3-9-25-26(31-29(30-25)23-7-5-4-6-8-23)19-32(17-21-10-13-24(14-11-21)33(34)35)18-22-12-15-27-28(16-22)37-20-36-27/h4-8,10-16H,2-3,9,17-20H2,1H3,(H,30,31). The quantitative estimate of drug-likeness (QED) is 0.194. The Balaban J connectivity index is 1.44. The number of hydrogen-bond donors (Lipinski definition) is 1. The Morgan fingerprint density at radius 3 is 2.43 bits per heavy atom. The van der Waals surface area contributed by atoms with Crippen molar-refractivity contribution < 1.29 is 14.4 Å². The van der Waals surface area contributed by atoms with Crippen LogP contribution < -0.4 is 9.47 Å². The van der Waals surface area contributed by atoms with Crippen molar-refractivity contribution in [1.82, 2.24) is 14.9 Å². The van der Waals surface area contributed by atoms with Gasteiger partial charge in [0.15, 0.2) is 11.5 Å². The van der Waals surface area contributed by atoms with Crippen molar-refractivity contribution in [1.29, 1.82) is 0 Å². The van der Waals surface area contributed by atoms with Gasteiger partial charge in [-0.15, -0.1) is 0 Å². The lowest BCUT2D eigenvalue weighted by Crippen LogP contribution is -2.23. The Morgan fingerprint density at radius 2 is 1.68 bits per heavy atom. The summed E-state index contributed by atoms with van der Waals surface area (Å²) >= 11 is 0. The summed E-state index contributed by atoms with van der Waals surface area (Å²) in [5.74, 6) is 2.39. The Labute approximate surface area is 216 Å². The molecule has 8 nitrogen and oxygen atoms in total. The molecule has 4 aromatic rings. The number of aromatic nitrogens is 2. The normalized spacial score (nSPS) is 12.3. The van der Waals surface area contributed by atoms with E-state index in [0.717, 1.165) is 64.7 Å². The third-order valence-electron chi connectivity index (χ3n) is 6.46. The van der Waals surface area contributed by atoms with Gasteiger partial charge in [0.2, 0.25) is 6.79 Å². The fraction of sp³-hybridized carbons (Fsp3) is 0.276. The molecule has 0 spiro atoms. The first-order valence-corrected chi connectivity index (χ1v) is 12.6. The summed E-state index contributed by atoms with van der Waals surface area (Å²) in [6, 6.07) is 22.9. The first-order chi connectivity index (χ1) is 18.1. The highest BCUT2D eigenvalue weighted by molar-refractivity contribution is 5.55. The molecular formula is C29H30N4O4. The van der Waals surface area contributed by atoms with E-state index in [1.807, 2.05) is 42.5 Å². The number of nitrogens with zero attached hydrogens (tertiary/aromatic N) is 3. The van der Waals surface area contributed by atoms with Gasteiger partial charge in [-0.05, 0) is 36.1 Å². The van der Waals surface area contributed by atoms with E-state index in [-0.39, 0.29) is 17.4 Å². The summed E-state index contributed by atoms with van der Waals surface area (Å²) in [6.45, 7) is 4.37.